The maximum atomic E-state index is 12.6. The predicted molar refractivity (Wildman–Crippen MR) is 131 cm³/mol. The second-order valence-corrected chi connectivity index (χ2v) is 10.2. The highest BCUT2D eigenvalue weighted by atomic mass is 16.6. The van der Waals surface area contributed by atoms with E-state index in [-0.39, 0.29) is 12.3 Å². The number of aromatic hydroxyl groups is 1. The van der Waals surface area contributed by atoms with Gasteiger partial charge < -0.3 is 19.7 Å². The van der Waals surface area contributed by atoms with Crippen molar-refractivity contribution >= 4 is 11.9 Å². The Morgan fingerprint density at radius 2 is 1.50 bits per heavy atom. The minimum absolute atomic E-state index is 0.0832. The third-order valence-corrected chi connectivity index (χ3v) is 5.19. The van der Waals surface area contributed by atoms with E-state index in [0.717, 1.165) is 22.3 Å². The van der Waals surface area contributed by atoms with E-state index in [2.05, 4.69) is 0 Å². The number of esters is 1. The molecule has 0 spiro atoms. The Morgan fingerprint density at radius 3 is 2.00 bits per heavy atom. The van der Waals surface area contributed by atoms with Gasteiger partial charge in [0.1, 0.15) is 17.1 Å². The first-order valence-corrected chi connectivity index (χ1v) is 11.4. The van der Waals surface area contributed by atoms with Gasteiger partial charge in [-0.2, -0.15) is 0 Å². The lowest BCUT2D eigenvalue weighted by Crippen LogP contribution is -2.43. The monoisotopic (exact) mass is 471 g/mol. The molecule has 2 N–H and O–H groups in total. The summed E-state index contributed by atoms with van der Waals surface area (Å²) in [5.41, 5.74) is 1.93. The molecule has 0 radical (unpaired) electrons. The van der Waals surface area contributed by atoms with Crippen molar-refractivity contribution in [1.82, 2.24) is 4.90 Å². The predicted octanol–water partition coefficient (Wildman–Crippen LogP) is 4.64. The lowest BCUT2D eigenvalue weighted by Gasteiger charge is -2.30. The van der Waals surface area contributed by atoms with Crippen LogP contribution in [0.3, 0.4) is 0 Å². The first kappa shape index (κ1) is 27.2. The first-order valence-electron chi connectivity index (χ1n) is 11.4. The Labute approximate surface area is 202 Å². The van der Waals surface area contributed by atoms with Crippen LogP contribution in [-0.4, -0.2) is 51.3 Å². The van der Waals surface area contributed by atoms with Gasteiger partial charge in [-0.25, -0.2) is 4.79 Å². The van der Waals surface area contributed by atoms with Crippen LogP contribution in [0.5, 0.6) is 11.5 Å². The lowest BCUT2D eigenvalue weighted by atomic mass is 10.0. The van der Waals surface area contributed by atoms with Crippen LogP contribution in [0.1, 0.15) is 56.9 Å². The Balaban J connectivity index is 2.16. The summed E-state index contributed by atoms with van der Waals surface area (Å²) in [6, 6.07) is 10.8. The number of aliphatic carboxylic acids is 1. The van der Waals surface area contributed by atoms with Crippen molar-refractivity contribution in [2.24, 2.45) is 0 Å². The van der Waals surface area contributed by atoms with Gasteiger partial charge in [0.05, 0.1) is 6.54 Å². The van der Waals surface area contributed by atoms with Crippen LogP contribution in [0.25, 0.3) is 0 Å². The van der Waals surface area contributed by atoms with Crippen molar-refractivity contribution < 1.29 is 29.3 Å². The average molecular weight is 472 g/mol. The molecule has 0 amide bonds. The van der Waals surface area contributed by atoms with Crippen LogP contribution in [0.15, 0.2) is 36.4 Å². The largest absolute Gasteiger partial charge is 0.508 e. The van der Waals surface area contributed by atoms with E-state index in [1.54, 1.807) is 26.0 Å². The van der Waals surface area contributed by atoms with Gasteiger partial charge in [-0.3, -0.25) is 9.69 Å². The Hall–Kier alpha value is -3.06. The molecule has 34 heavy (non-hydrogen) atoms. The zero-order chi connectivity index (χ0) is 25.7. The fourth-order valence-corrected chi connectivity index (χ4v) is 3.60. The van der Waals surface area contributed by atoms with Gasteiger partial charge in [0.2, 0.25) is 0 Å². The number of hydrogen-bond donors (Lipinski definition) is 2. The number of carboxylic acids is 1. The van der Waals surface area contributed by atoms with Gasteiger partial charge in [-0.05, 0) is 89.3 Å². The van der Waals surface area contributed by atoms with Gasteiger partial charge in [0.25, 0.3) is 0 Å². The second-order valence-electron chi connectivity index (χ2n) is 10.2. The molecule has 0 unspecified atom stereocenters. The summed E-state index contributed by atoms with van der Waals surface area (Å²) in [5, 5.41) is 18.8. The van der Waals surface area contributed by atoms with E-state index in [4.69, 9.17) is 9.47 Å². The van der Waals surface area contributed by atoms with E-state index < -0.39 is 23.1 Å². The topological polar surface area (TPSA) is 96.3 Å². The number of nitrogens with zero attached hydrogens (tertiary/aromatic N) is 1. The molecule has 0 aliphatic carbocycles. The third-order valence-electron chi connectivity index (χ3n) is 5.19. The maximum Gasteiger partial charge on any atom is 0.350 e. The molecule has 2 aromatic carbocycles. The fourth-order valence-electron chi connectivity index (χ4n) is 3.60. The molecule has 2 aromatic rings. The van der Waals surface area contributed by atoms with Crippen LogP contribution >= 0.6 is 0 Å². The van der Waals surface area contributed by atoms with Crippen molar-refractivity contribution in [2.45, 2.75) is 72.6 Å². The molecule has 0 atom stereocenters. The Kier molecular flexibility index (Phi) is 8.72. The van der Waals surface area contributed by atoms with Crippen LogP contribution in [0.4, 0.5) is 0 Å². The Morgan fingerprint density at radius 1 is 0.941 bits per heavy atom. The van der Waals surface area contributed by atoms with Crippen molar-refractivity contribution in [3.05, 3.63) is 58.7 Å². The summed E-state index contributed by atoms with van der Waals surface area (Å²) in [4.78, 5) is 25.9. The number of phenolic OH excluding ortho intramolecular Hbond substituents is 1. The SMILES string of the molecule is Cc1cc(CN(CCc2ccc(O)cc2)CC(=O)O)cc(C)c1OC(C)(C)C(=O)OC(C)(C)C. The van der Waals surface area contributed by atoms with Crippen LogP contribution in [0.2, 0.25) is 0 Å². The van der Waals surface area contributed by atoms with E-state index in [1.165, 1.54) is 0 Å². The molecule has 0 bridgehead atoms. The highest BCUT2D eigenvalue weighted by Gasteiger charge is 2.35. The minimum Gasteiger partial charge on any atom is -0.508 e. The van der Waals surface area contributed by atoms with Gasteiger partial charge in [0.15, 0.2) is 5.60 Å². The molecule has 7 nitrogen and oxygen atoms in total. The highest BCUT2D eigenvalue weighted by molar-refractivity contribution is 5.79. The number of aryl methyl sites for hydroxylation is 2. The van der Waals surface area contributed by atoms with Crippen LogP contribution < -0.4 is 4.74 Å². The summed E-state index contributed by atoms with van der Waals surface area (Å²) in [7, 11) is 0. The molecule has 2 rings (SSSR count). The number of hydrogen-bond acceptors (Lipinski definition) is 6. The number of rotatable bonds is 10. The van der Waals surface area contributed by atoms with Crippen molar-refractivity contribution in [2.75, 3.05) is 13.1 Å². The molecule has 0 aliphatic rings. The molecule has 0 saturated carbocycles. The summed E-state index contributed by atoms with van der Waals surface area (Å²) < 4.78 is 11.6. The number of carbonyl (C=O) groups is 2. The molecule has 186 valence electrons. The molecule has 7 heteroatoms. The number of carbonyl (C=O) groups excluding carboxylic acids is 1. The summed E-state index contributed by atoms with van der Waals surface area (Å²) in [6.07, 6.45) is 0.663. The van der Waals surface area contributed by atoms with Gasteiger partial charge >= 0.3 is 11.9 Å². The van der Waals surface area contributed by atoms with Crippen molar-refractivity contribution in [1.29, 1.82) is 0 Å². The summed E-state index contributed by atoms with van der Waals surface area (Å²) >= 11 is 0. The molecular weight excluding hydrogens is 434 g/mol. The van der Waals surface area contributed by atoms with E-state index in [9.17, 15) is 19.8 Å². The summed E-state index contributed by atoms with van der Waals surface area (Å²) in [5.74, 6) is -0.509. The second kappa shape index (κ2) is 10.9. The van der Waals surface area contributed by atoms with Gasteiger partial charge in [-0.1, -0.05) is 24.3 Å². The normalized spacial score (nSPS) is 12.0. The van der Waals surface area contributed by atoms with Gasteiger partial charge in [0, 0.05) is 13.1 Å². The number of ether oxygens (including phenoxy) is 2. The number of carboxylic acid groups (broad SMARTS) is 1. The zero-order valence-electron chi connectivity index (χ0n) is 21.3. The number of benzene rings is 2. The minimum atomic E-state index is -1.16. The van der Waals surface area contributed by atoms with E-state index in [1.807, 2.05) is 63.8 Å². The Bertz CT molecular complexity index is 982. The molecule has 0 aromatic heterocycles. The lowest BCUT2D eigenvalue weighted by molar-refractivity contribution is -0.171. The quantitative estimate of drug-likeness (QED) is 0.488. The standard InChI is InChI=1S/C27H37NO6/c1-18-14-21(15-19(2)24(18)33-27(6,7)25(32)34-26(3,4)5)16-28(17-23(30)31)13-12-20-8-10-22(29)11-9-20/h8-11,14-15,29H,12-13,16-17H2,1-7H3,(H,30,31). The van der Waals surface area contributed by atoms with Gasteiger partial charge in [-0.15, -0.1) is 0 Å². The van der Waals surface area contributed by atoms with E-state index in [0.29, 0.717) is 25.3 Å². The molecule has 0 fully saturated rings. The smallest absolute Gasteiger partial charge is 0.350 e. The summed E-state index contributed by atoms with van der Waals surface area (Å²) in [6.45, 7) is 13.6. The first-order chi connectivity index (χ1) is 15.7. The average Bonchev–Trinajstić information content (AvgIpc) is 2.68. The van der Waals surface area contributed by atoms with E-state index >= 15 is 0 Å². The third kappa shape index (κ3) is 8.37. The highest BCUT2D eigenvalue weighted by Crippen LogP contribution is 2.30. The molecule has 0 heterocycles. The van der Waals surface area contributed by atoms with Crippen molar-refractivity contribution in [3.8, 4) is 11.5 Å². The van der Waals surface area contributed by atoms with Crippen molar-refractivity contribution in [3.63, 3.8) is 0 Å². The fraction of sp³-hybridized carbons (Fsp3) is 0.481. The van der Waals surface area contributed by atoms with Crippen LogP contribution in [0, 0.1) is 13.8 Å². The molecule has 0 saturated heterocycles. The molecular formula is C27H37NO6. The van der Waals surface area contributed by atoms with Crippen LogP contribution in [-0.2, 0) is 27.3 Å². The zero-order valence-corrected chi connectivity index (χ0v) is 21.3. The number of phenols is 1. The maximum absolute atomic E-state index is 12.6. The molecule has 0 aliphatic heterocycles.